The number of aromatic nitrogens is 2. The van der Waals surface area contributed by atoms with E-state index >= 15 is 0 Å². The van der Waals surface area contributed by atoms with Crippen LogP contribution in [0.1, 0.15) is 61.7 Å². The number of hydrogen-bond acceptors (Lipinski definition) is 5. The average Bonchev–Trinajstić information content (AvgIpc) is 2.95. The summed E-state index contributed by atoms with van der Waals surface area (Å²) in [5.74, 6) is 3.25. The van der Waals surface area contributed by atoms with Crippen LogP contribution in [0.15, 0.2) is 15.0 Å². The van der Waals surface area contributed by atoms with Crippen molar-refractivity contribution < 1.29 is 8.94 Å². The van der Waals surface area contributed by atoms with E-state index in [1.807, 2.05) is 27.7 Å². The molecule has 0 saturated heterocycles. The lowest BCUT2D eigenvalue weighted by molar-refractivity contribution is 0.324. The molecule has 19 heavy (non-hydrogen) atoms. The van der Waals surface area contributed by atoms with Crippen molar-refractivity contribution in [3.8, 4) is 0 Å². The van der Waals surface area contributed by atoms with Crippen LogP contribution in [0.5, 0.6) is 0 Å². The zero-order valence-corrected chi connectivity index (χ0v) is 12.2. The molecule has 1 N–H and O–H groups in total. The molecular formula is C14H21N3O2. The predicted molar refractivity (Wildman–Crippen MR) is 71.8 cm³/mol. The van der Waals surface area contributed by atoms with Crippen LogP contribution in [0.25, 0.3) is 0 Å². The third kappa shape index (κ3) is 3.04. The summed E-state index contributed by atoms with van der Waals surface area (Å²) < 4.78 is 10.8. The summed E-state index contributed by atoms with van der Waals surface area (Å²) in [6, 6.07) is 2.24. The number of hydrogen-bond donors (Lipinski definition) is 1. The van der Waals surface area contributed by atoms with Gasteiger partial charge in [-0.15, -0.1) is 0 Å². The lowest BCUT2D eigenvalue weighted by Crippen LogP contribution is -2.23. The number of furan rings is 1. The summed E-state index contributed by atoms with van der Waals surface area (Å²) in [5, 5.41) is 7.36. The molecule has 0 aliphatic carbocycles. The molecule has 0 saturated carbocycles. The summed E-state index contributed by atoms with van der Waals surface area (Å²) in [7, 11) is 0. The quantitative estimate of drug-likeness (QED) is 0.897. The van der Waals surface area contributed by atoms with Gasteiger partial charge in [-0.25, -0.2) is 0 Å². The van der Waals surface area contributed by atoms with Crippen molar-refractivity contribution in [3.05, 3.63) is 34.9 Å². The standard InChI is InChI=1S/C14H21N3O2/c1-6-13-16-14(19-17-13)10(4)15-9(3)12-7-8(2)18-11(12)5/h7,9-10,15H,6H2,1-5H3/t9-,10+/m1/s1. The summed E-state index contributed by atoms with van der Waals surface area (Å²) in [5.41, 5.74) is 1.17. The molecule has 0 radical (unpaired) electrons. The van der Waals surface area contributed by atoms with E-state index in [1.54, 1.807) is 0 Å². The Bertz CT molecular complexity index is 545. The van der Waals surface area contributed by atoms with Crippen LogP contribution >= 0.6 is 0 Å². The van der Waals surface area contributed by atoms with Crippen molar-refractivity contribution in [2.75, 3.05) is 0 Å². The van der Waals surface area contributed by atoms with Gasteiger partial charge in [0.05, 0.1) is 6.04 Å². The molecule has 0 aromatic carbocycles. The van der Waals surface area contributed by atoms with E-state index in [2.05, 4.69) is 28.4 Å². The molecule has 5 nitrogen and oxygen atoms in total. The van der Waals surface area contributed by atoms with Crippen molar-refractivity contribution >= 4 is 0 Å². The molecule has 0 bridgehead atoms. The SMILES string of the molecule is CCc1noc([C@H](C)N[C@H](C)c2cc(C)oc2C)n1. The van der Waals surface area contributed by atoms with Crippen molar-refractivity contribution in [2.24, 2.45) is 0 Å². The highest BCUT2D eigenvalue weighted by Gasteiger charge is 2.19. The van der Waals surface area contributed by atoms with Gasteiger partial charge in [-0.2, -0.15) is 4.98 Å². The summed E-state index contributed by atoms with van der Waals surface area (Å²) in [6.45, 7) is 10.1. The molecule has 0 spiro atoms. The van der Waals surface area contributed by atoms with Crippen molar-refractivity contribution in [2.45, 2.75) is 53.1 Å². The highest BCUT2D eigenvalue weighted by Crippen LogP contribution is 2.23. The zero-order valence-electron chi connectivity index (χ0n) is 12.2. The van der Waals surface area contributed by atoms with E-state index in [0.29, 0.717) is 5.89 Å². The Morgan fingerprint density at radius 3 is 2.53 bits per heavy atom. The Kier molecular flexibility index (Phi) is 4.04. The highest BCUT2D eigenvalue weighted by molar-refractivity contribution is 5.23. The maximum atomic E-state index is 5.55. The predicted octanol–water partition coefficient (Wildman–Crippen LogP) is 3.25. The van der Waals surface area contributed by atoms with Crippen LogP contribution in [0.3, 0.4) is 0 Å². The van der Waals surface area contributed by atoms with Gasteiger partial charge in [-0.05, 0) is 33.8 Å². The Morgan fingerprint density at radius 1 is 1.26 bits per heavy atom. The smallest absolute Gasteiger partial charge is 0.243 e. The molecule has 0 unspecified atom stereocenters. The molecule has 2 rings (SSSR count). The van der Waals surface area contributed by atoms with Crippen LogP contribution in [0.2, 0.25) is 0 Å². The Labute approximate surface area is 113 Å². The molecular weight excluding hydrogens is 242 g/mol. The second kappa shape index (κ2) is 5.57. The molecule has 5 heteroatoms. The number of rotatable bonds is 5. The molecule has 0 aliphatic heterocycles. The molecule has 2 aromatic heterocycles. The fraction of sp³-hybridized carbons (Fsp3) is 0.571. The Morgan fingerprint density at radius 2 is 2.00 bits per heavy atom. The fourth-order valence-electron chi connectivity index (χ4n) is 2.20. The maximum Gasteiger partial charge on any atom is 0.243 e. The van der Waals surface area contributed by atoms with Gasteiger partial charge in [0.1, 0.15) is 11.5 Å². The van der Waals surface area contributed by atoms with Gasteiger partial charge in [0.25, 0.3) is 0 Å². The monoisotopic (exact) mass is 263 g/mol. The van der Waals surface area contributed by atoms with E-state index in [0.717, 1.165) is 23.8 Å². The van der Waals surface area contributed by atoms with E-state index in [1.165, 1.54) is 5.56 Å². The van der Waals surface area contributed by atoms with Crippen LogP contribution in [-0.2, 0) is 6.42 Å². The second-order valence-electron chi connectivity index (χ2n) is 4.88. The minimum absolute atomic E-state index is 0.0115. The van der Waals surface area contributed by atoms with E-state index < -0.39 is 0 Å². The first-order valence-electron chi connectivity index (χ1n) is 6.66. The normalized spacial score (nSPS) is 14.6. The molecule has 0 aliphatic rings. The van der Waals surface area contributed by atoms with Crippen molar-refractivity contribution in [1.29, 1.82) is 0 Å². The van der Waals surface area contributed by atoms with E-state index in [4.69, 9.17) is 8.94 Å². The molecule has 2 heterocycles. The van der Waals surface area contributed by atoms with E-state index in [9.17, 15) is 0 Å². The van der Waals surface area contributed by atoms with Crippen LogP contribution < -0.4 is 5.32 Å². The Hall–Kier alpha value is -1.62. The second-order valence-corrected chi connectivity index (χ2v) is 4.88. The van der Waals surface area contributed by atoms with Gasteiger partial charge in [-0.3, -0.25) is 5.32 Å². The number of nitrogens with one attached hydrogen (secondary N) is 1. The summed E-state index contributed by atoms with van der Waals surface area (Å²) in [4.78, 5) is 4.34. The molecule has 0 amide bonds. The zero-order chi connectivity index (χ0) is 14.0. The van der Waals surface area contributed by atoms with Gasteiger partial charge >= 0.3 is 0 Å². The first-order valence-corrected chi connectivity index (χ1v) is 6.66. The third-order valence-corrected chi connectivity index (χ3v) is 3.22. The van der Waals surface area contributed by atoms with Gasteiger partial charge in [0, 0.05) is 18.0 Å². The van der Waals surface area contributed by atoms with Gasteiger partial charge in [0.2, 0.25) is 5.89 Å². The molecule has 2 aromatic rings. The topological polar surface area (TPSA) is 64.1 Å². The lowest BCUT2D eigenvalue weighted by Gasteiger charge is -2.16. The van der Waals surface area contributed by atoms with Crippen LogP contribution in [0.4, 0.5) is 0 Å². The van der Waals surface area contributed by atoms with Crippen molar-refractivity contribution in [3.63, 3.8) is 0 Å². The molecule has 0 fully saturated rings. The first kappa shape index (κ1) is 13.8. The number of aryl methyl sites for hydroxylation is 3. The molecule has 2 atom stereocenters. The largest absolute Gasteiger partial charge is 0.466 e. The van der Waals surface area contributed by atoms with Gasteiger partial charge in [0.15, 0.2) is 5.82 Å². The highest BCUT2D eigenvalue weighted by atomic mass is 16.5. The fourth-order valence-corrected chi connectivity index (χ4v) is 2.20. The van der Waals surface area contributed by atoms with Gasteiger partial charge in [-0.1, -0.05) is 12.1 Å². The first-order chi connectivity index (χ1) is 9.01. The molecule has 104 valence electrons. The van der Waals surface area contributed by atoms with Crippen LogP contribution in [-0.4, -0.2) is 10.1 Å². The Balaban J connectivity index is 2.06. The summed E-state index contributed by atoms with van der Waals surface area (Å²) >= 11 is 0. The van der Waals surface area contributed by atoms with Gasteiger partial charge < -0.3 is 8.94 Å². The third-order valence-electron chi connectivity index (χ3n) is 3.22. The summed E-state index contributed by atoms with van der Waals surface area (Å²) in [6.07, 6.45) is 0.784. The minimum atomic E-state index is 0.0115. The van der Waals surface area contributed by atoms with Crippen molar-refractivity contribution in [1.82, 2.24) is 15.5 Å². The average molecular weight is 263 g/mol. The van der Waals surface area contributed by atoms with E-state index in [-0.39, 0.29) is 12.1 Å². The minimum Gasteiger partial charge on any atom is -0.466 e. The number of nitrogens with zero attached hydrogens (tertiary/aromatic N) is 2. The lowest BCUT2D eigenvalue weighted by atomic mass is 10.1. The maximum absolute atomic E-state index is 5.55. The van der Waals surface area contributed by atoms with Crippen LogP contribution in [0, 0.1) is 13.8 Å².